The van der Waals surface area contributed by atoms with Crippen LogP contribution in [0.15, 0.2) is 109 Å². The summed E-state index contributed by atoms with van der Waals surface area (Å²) < 4.78 is 12.2. The molecule has 0 fully saturated rings. The van der Waals surface area contributed by atoms with Gasteiger partial charge in [-0.15, -0.1) is 0 Å². The third kappa shape index (κ3) is 13.3. The molecule has 4 rings (SSSR count). The Kier molecular flexibility index (Phi) is 16.1. The monoisotopic (exact) mass is 660 g/mol. The summed E-state index contributed by atoms with van der Waals surface area (Å²) in [5, 5.41) is 0. The molecule has 4 heteroatoms. The molecule has 4 N–H and O–H groups in total. The molecule has 262 valence electrons. The molecule has 0 spiro atoms. The Morgan fingerprint density at radius 1 is 0.449 bits per heavy atom. The minimum Gasteiger partial charge on any atom is -0.457 e. The molecule has 0 radical (unpaired) electrons. The Morgan fingerprint density at radius 3 is 1.16 bits per heavy atom. The Hall–Kier alpha value is -4.18. The summed E-state index contributed by atoms with van der Waals surface area (Å²) in [5.74, 6) is 3.19. The highest BCUT2D eigenvalue weighted by molar-refractivity contribution is 5.47. The number of ether oxygens (including phenoxy) is 2. The SMILES string of the molecule is CCCCCCCC/C=C\CCCCCCCCCC(C)(c1ccc(Oc2ccc(N)cc2)cc1)c1ccc(Oc2ccc(N)cc2)cc1. The van der Waals surface area contributed by atoms with Crippen molar-refractivity contribution in [1.29, 1.82) is 0 Å². The summed E-state index contributed by atoms with van der Waals surface area (Å²) in [6, 6.07) is 32.2. The molecule has 0 aliphatic heterocycles. The van der Waals surface area contributed by atoms with Crippen LogP contribution in [-0.4, -0.2) is 0 Å². The summed E-state index contributed by atoms with van der Waals surface area (Å²) in [6.45, 7) is 4.66. The molecule has 4 nitrogen and oxygen atoms in total. The fourth-order valence-electron chi connectivity index (χ4n) is 6.48. The van der Waals surface area contributed by atoms with Crippen LogP contribution in [0.2, 0.25) is 0 Å². The highest BCUT2D eigenvalue weighted by Gasteiger charge is 2.28. The Bertz CT molecular complexity index is 1380. The molecule has 0 amide bonds. The van der Waals surface area contributed by atoms with Gasteiger partial charge in [-0.25, -0.2) is 0 Å². The van der Waals surface area contributed by atoms with E-state index in [4.69, 9.17) is 20.9 Å². The number of unbranched alkanes of at least 4 members (excludes halogenated alkanes) is 13. The quantitative estimate of drug-likeness (QED) is 0.0472. The number of allylic oxidation sites excluding steroid dienone is 2. The van der Waals surface area contributed by atoms with Crippen molar-refractivity contribution in [1.82, 2.24) is 0 Å². The molecule has 0 aliphatic rings. The third-order valence-corrected chi connectivity index (χ3v) is 9.65. The van der Waals surface area contributed by atoms with Crippen molar-refractivity contribution >= 4 is 11.4 Å². The zero-order chi connectivity index (χ0) is 34.6. The lowest BCUT2D eigenvalue weighted by molar-refractivity contribution is 0.462. The van der Waals surface area contributed by atoms with Gasteiger partial charge in [-0.1, -0.05) is 121 Å². The van der Waals surface area contributed by atoms with Gasteiger partial charge in [0.05, 0.1) is 0 Å². The van der Waals surface area contributed by atoms with Gasteiger partial charge in [0.1, 0.15) is 23.0 Å². The Balaban J connectivity index is 1.26. The van der Waals surface area contributed by atoms with E-state index in [0.29, 0.717) is 0 Å². The van der Waals surface area contributed by atoms with Gasteiger partial charge in [0, 0.05) is 16.8 Å². The van der Waals surface area contributed by atoms with Crippen LogP contribution in [0.4, 0.5) is 11.4 Å². The normalized spacial score (nSPS) is 11.6. The maximum Gasteiger partial charge on any atom is 0.127 e. The van der Waals surface area contributed by atoms with Crippen molar-refractivity contribution in [2.24, 2.45) is 0 Å². The summed E-state index contributed by atoms with van der Waals surface area (Å²) in [7, 11) is 0. The second-order valence-corrected chi connectivity index (χ2v) is 13.8. The molecule has 0 unspecified atom stereocenters. The van der Waals surface area contributed by atoms with Gasteiger partial charge in [-0.2, -0.15) is 0 Å². The lowest BCUT2D eigenvalue weighted by Crippen LogP contribution is -2.23. The Morgan fingerprint density at radius 2 is 0.776 bits per heavy atom. The Labute approximate surface area is 296 Å². The number of hydrogen-bond acceptors (Lipinski definition) is 4. The molecule has 0 saturated carbocycles. The van der Waals surface area contributed by atoms with Crippen molar-refractivity contribution < 1.29 is 9.47 Å². The van der Waals surface area contributed by atoms with E-state index in [9.17, 15) is 0 Å². The highest BCUT2D eigenvalue weighted by atomic mass is 16.5. The van der Waals surface area contributed by atoms with Crippen LogP contribution in [-0.2, 0) is 5.41 Å². The van der Waals surface area contributed by atoms with Crippen LogP contribution < -0.4 is 20.9 Å². The van der Waals surface area contributed by atoms with Crippen LogP contribution in [0.5, 0.6) is 23.0 Å². The maximum absolute atomic E-state index is 6.10. The molecular formula is C45H60N2O2. The summed E-state index contributed by atoms with van der Waals surface area (Å²) in [6.07, 6.45) is 25.8. The van der Waals surface area contributed by atoms with Gasteiger partial charge in [0.25, 0.3) is 0 Å². The van der Waals surface area contributed by atoms with Gasteiger partial charge in [0.15, 0.2) is 0 Å². The largest absolute Gasteiger partial charge is 0.457 e. The standard InChI is InChI=1S/C45H60N2O2/c1-3-4-5-6-7-8-9-10-11-12-13-14-15-16-17-18-19-36-45(2,37-20-28-41(29-21-37)48-43-32-24-39(46)25-33-43)38-22-30-42(31-23-38)49-44-34-26-40(47)27-35-44/h10-11,20-35H,3-9,12-19,36,46-47H2,1-2H3/b11-10-. The fraction of sp³-hybridized carbons (Fsp3) is 0.422. The highest BCUT2D eigenvalue weighted by Crippen LogP contribution is 2.39. The molecule has 0 aromatic heterocycles. The molecule has 0 bridgehead atoms. The van der Waals surface area contributed by atoms with E-state index >= 15 is 0 Å². The first-order chi connectivity index (χ1) is 24.0. The van der Waals surface area contributed by atoms with Crippen LogP contribution in [0, 0.1) is 0 Å². The molecule has 0 heterocycles. The minimum absolute atomic E-state index is 0.138. The van der Waals surface area contributed by atoms with Gasteiger partial charge in [-0.05, 0) is 116 Å². The van der Waals surface area contributed by atoms with E-state index in [1.165, 1.54) is 107 Å². The van der Waals surface area contributed by atoms with Gasteiger partial charge < -0.3 is 20.9 Å². The second-order valence-electron chi connectivity index (χ2n) is 13.8. The summed E-state index contributed by atoms with van der Waals surface area (Å²) in [4.78, 5) is 0. The fourth-order valence-corrected chi connectivity index (χ4v) is 6.48. The van der Waals surface area contributed by atoms with Crippen molar-refractivity contribution in [3.8, 4) is 23.0 Å². The van der Waals surface area contributed by atoms with E-state index in [1.807, 2.05) is 48.5 Å². The van der Waals surface area contributed by atoms with Gasteiger partial charge in [0.2, 0.25) is 0 Å². The topological polar surface area (TPSA) is 70.5 Å². The number of nitrogens with two attached hydrogens (primary N) is 2. The molecular weight excluding hydrogens is 601 g/mol. The number of benzene rings is 4. The van der Waals surface area contributed by atoms with Crippen molar-refractivity contribution in [3.63, 3.8) is 0 Å². The van der Waals surface area contributed by atoms with Gasteiger partial charge in [-0.3, -0.25) is 0 Å². The van der Waals surface area contributed by atoms with E-state index in [0.717, 1.165) is 40.8 Å². The summed E-state index contributed by atoms with van der Waals surface area (Å²) in [5.41, 5.74) is 15.6. The number of anilines is 2. The first-order valence-electron chi connectivity index (χ1n) is 18.9. The molecule has 0 aliphatic carbocycles. The predicted molar refractivity (Wildman–Crippen MR) is 210 cm³/mol. The van der Waals surface area contributed by atoms with E-state index in [2.05, 4.69) is 74.5 Å². The number of nitrogen functional groups attached to an aromatic ring is 2. The number of rotatable bonds is 23. The first-order valence-corrected chi connectivity index (χ1v) is 18.9. The molecule has 4 aromatic rings. The van der Waals surface area contributed by atoms with Crippen LogP contribution in [0.3, 0.4) is 0 Å². The smallest absolute Gasteiger partial charge is 0.127 e. The third-order valence-electron chi connectivity index (χ3n) is 9.65. The lowest BCUT2D eigenvalue weighted by Gasteiger charge is -2.31. The molecule has 0 saturated heterocycles. The molecule has 4 aromatic carbocycles. The van der Waals surface area contributed by atoms with E-state index in [1.54, 1.807) is 0 Å². The predicted octanol–water partition coefficient (Wildman–Crippen LogP) is 13.6. The minimum atomic E-state index is -0.138. The molecule has 49 heavy (non-hydrogen) atoms. The van der Waals surface area contributed by atoms with Crippen molar-refractivity contribution in [2.45, 2.75) is 122 Å². The zero-order valence-electron chi connectivity index (χ0n) is 30.2. The zero-order valence-corrected chi connectivity index (χ0v) is 30.2. The second kappa shape index (κ2) is 21.0. The van der Waals surface area contributed by atoms with Crippen LogP contribution >= 0.6 is 0 Å². The van der Waals surface area contributed by atoms with Crippen LogP contribution in [0.1, 0.15) is 128 Å². The first kappa shape index (κ1) is 37.6. The van der Waals surface area contributed by atoms with E-state index in [-0.39, 0.29) is 5.41 Å². The summed E-state index contributed by atoms with van der Waals surface area (Å²) >= 11 is 0. The molecule has 0 atom stereocenters. The average Bonchev–Trinajstić information content (AvgIpc) is 3.12. The number of hydrogen-bond donors (Lipinski definition) is 2. The van der Waals surface area contributed by atoms with Crippen LogP contribution in [0.25, 0.3) is 0 Å². The van der Waals surface area contributed by atoms with E-state index < -0.39 is 0 Å². The maximum atomic E-state index is 6.10. The van der Waals surface area contributed by atoms with Crippen molar-refractivity contribution in [2.75, 3.05) is 11.5 Å². The lowest BCUT2D eigenvalue weighted by atomic mass is 9.72. The van der Waals surface area contributed by atoms with Gasteiger partial charge >= 0.3 is 0 Å². The van der Waals surface area contributed by atoms with Crippen molar-refractivity contribution in [3.05, 3.63) is 120 Å². The average molecular weight is 661 g/mol.